The second-order valence-electron chi connectivity index (χ2n) is 2.80. The zero-order chi connectivity index (χ0) is 11.5. The minimum Gasteiger partial charge on any atom is -0.497 e. The van der Waals surface area contributed by atoms with Crippen molar-refractivity contribution in [3.05, 3.63) is 29.8 Å². The van der Waals surface area contributed by atoms with Crippen LogP contribution < -0.4 is 4.74 Å². The van der Waals surface area contributed by atoms with Gasteiger partial charge in [-0.2, -0.15) is 5.26 Å². The van der Waals surface area contributed by atoms with Crippen LogP contribution in [0.25, 0.3) is 0 Å². The molecule has 1 atom stereocenters. The standard InChI is InChI=1S/C10H8FNO3/c1-15-8-4-2-7(3-5-8)10(11,6-12)9(13)14/h2-5H,1H3,(H,13,14). The highest BCUT2D eigenvalue weighted by Crippen LogP contribution is 2.27. The Labute approximate surface area is 85.5 Å². The normalized spacial score (nSPS) is 13.7. The molecule has 0 fully saturated rings. The summed E-state index contributed by atoms with van der Waals surface area (Å²) in [5.41, 5.74) is -3.23. The fourth-order valence-corrected chi connectivity index (χ4v) is 1.06. The Morgan fingerprint density at radius 2 is 2.07 bits per heavy atom. The third kappa shape index (κ3) is 1.89. The van der Waals surface area contributed by atoms with Crippen LogP contribution in [0.4, 0.5) is 4.39 Å². The maximum atomic E-state index is 13.6. The van der Waals surface area contributed by atoms with Gasteiger partial charge in [0.1, 0.15) is 11.8 Å². The van der Waals surface area contributed by atoms with Crippen LogP contribution in [0.1, 0.15) is 5.56 Å². The van der Waals surface area contributed by atoms with Crippen molar-refractivity contribution in [2.45, 2.75) is 5.67 Å². The molecule has 1 rings (SSSR count). The molecule has 0 aliphatic rings. The molecule has 4 nitrogen and oxygen atoms in total. The van der Waals surface area contributed by atoms with E-state index in [1.807, 2.05) is 0 Å². The maximum absolute atomic E-state index is 13.6. The number of carboxylic acid groups (broad SMARTS) is 1. The monoisotopic (exact) mass is 209 g/mol. The molecule has 5 heteroatoms. The van der Waals surface area contributed by atoms with Crippen molar-refractivity contribution < 1.29 is 19.0 Å². The zero-order valence-corrected chi connectivity index (χ0v) is 7.90. The van der Waals surface area contributed by atoms with Gasteiger partial charge in [-0.1, -0.05) is 12.1 Å². The number of hydrogen-bond donors (Lipinski definition) is 1. The van der Waals surface area contributed by atoms with Crippen molar-refractivity contribution in [2.24, 2.45) is 0 Å². The lowest BCUT2D eigenvalue weighted by atomic mass is 9.97. The minimum atomic E-state index is -3.01. The Morgan fingerprint density at radius 1 is 1.53 bits per heavy atom. The number of rotatable bonds is 3. The number of nitrogens with zero attached hydrogens (tertiary/aromatic N) is 1. The van der Waals surface area contributed by atoms with Crippen LogP contribution in [0.3, 0.4) is 0 Å². The maximum Gasteiger partial charge on any atom is 0.361 e. The number of carbonyl (C=O) groups is 1. The summed E-state index contributed by atoms with van der Waals surface area (Å²) in [6, 6.07) is 6.32. The molecule has 15 heavy (non-hydrogen) atoms. The molecule has 1 N–H and O–H groups in total. The van der Waals surface area contributed by atoms with E-state index in [1.54, 1.807) is 0 Å². The van der Waals surface area contributed by atoms with Gasteiger partial charge in [0, 0.05) is 5.56 Å². The van der Waals surface area contributed by atoms with E-state index in [-0.39, 0.29) is 5.56 Å². The molecule has 0 saturated heterocycles. The summed E-state index contributed by atoms with van der Waals surface area (Å²) < 4.78 is 18.4. The molecule has 1 aromatic carbocycles. The van der Waals surface area contributed by atoms with Gasteiger partial charge in [-0.3, -0.25) is 0 Å². The van der Waals surface area contributed by atoms with Crippen molar-refractivity contribution in [2.75, 3.05) is 7.11 Å². The number of nitriles is 1. The fourth-order valence-electron chi connectivity index (χ4n) is 1.06. The number of hydrogen-bond acceptors (Lipinski definition) is 3. The van der Waals surface area contributed by atoms with Crippen LogP contribution in [0.2, 0.25) is 0 Å². The molecule has 0 saturated carbocycles. The van der Waals surface area contributed by atoms with Crippen LogP contribution >= 0.6 is 0 Å². The number of aliphatic carboxylic acids is 1. The number of benzene rings is 1. The Balaban J connectivity index is 3.15. The number of halogens is 1. The van der Waals surface area contributed by atoms with E-state index >= 15 is 0 Å². The summed E-state index contributed by atoms with van der Waals surface area (Å²) in [6.07, 6.45) is 0. The van der Waals surface area contributed by atoms with E-state index in [1.165, 1.54) is 31.4 Å². The van der Waals surface area contributed by atoms with E-state index in [0.29, 0.717) is 5.75 Å². The van der Waals surface area contributed by atoms with Crippen molar-refractivity contribution in [3.8, 4) is 11.8 Å². The highest BCUT2D eigenvalue weighted by atomic mass is 19.1. The van der Waals surface area contributed by atoms with Crippen molar-refractivity contribution >= 4 is 5.97 Å². The number of carboxylic acids is 1. The molecule has 0 spiro atoms. The number of alkyl halides is 1. The molecular formula is C10H8FNO3. The number of methoxy groups -OCH3 is 1. The lowest BCUT2D eigenvalue weighted by Gasteiger charge is -2.12. The van der Waals surface area contributed by atoms with Crippen molar-refractivity contribution in [1.82, 2.24) is 0 Å². The van der Waals surface area contributed by atoms with Gasteiger partial charge < -0.3 is 9.84 Å². The topological polar surface area (TPSA) is 70.3 Å². The molecule has 0 aromatic heterocycles. The Kier molecular flexibility index (Phi) is 2.90. The third-order valence-corrected chi connectivity index (χ3v) is 1.94. The van der Waals surface area contributed by atoms with Crippen LogP contribution in [-0.4, -0.2) is 18.2 Å². The molecule has 0 radical (unpaired) electrons. The molecule has 0 heterocycles. The quantitative estimate of drug-likeness (QED) is 0.818. The summed E-state index contributed by atoms with van der Waals surface area (Å²) in [6.45, 7) is 0. The summed E-state index contributed by atoms with van der Waals surface area (Å²) in [5, 5.41) is 17.1. The molecule has 0 amide bonds. The Morgan fingerprint density at radius 3 is 2.40 bits per heavy atom. The summed E-state index contributed by atoms with van der Waals surface area (Å²) in [7, 11) is 1.43. The zero-order valence-electron chi connectivity index (χ0n) is 7.90. The smallest absolute Gasteiger partial charge is 0.361 e. The Hall–Kier alpha value is -2.09. The predicted molar refractivity (Wildman–Crippen MR) is 49.0 cm³/mol. The van der Waals surface area contributed by atoms with Gasteiger partial charge in [-0.15, -0.1) is 0 Å². The first kappa shape index (κ1) is 11.0. The van der Waals surface area contributed by atoms with Crippen LogP contribution in [0.15, 0.2) is 24.3 Å². The highest BCUT2D eigenvalue weighted by Gasteiger charge is 2.41. The van der Waals surface area contributed by atoms with Crippen molar-refractivity contribution in [3.63, 3.8) is 0 Å². The molecule has 78 valence electrons. The van der Waals surface area contributed by atoms with Gasteiger partial charge >= 0.3 is 11.6 Å². The van der Waals surface area contributed by atoms with Gasteiger partial charge in [0.2, 0.25) is 0 Å². The highest BCUT2D eigenvalue weighted by molar-refractivity contribution is 5.82. The second-order valence-corrected chi connectivity index (χ2v) is 2.80. The van der Waals surface area contributed by atoms with Crippen molar-refractivity contribution in [1.29, 1.82) is 5.26 Å². The van der Waals surface area contributed by atoms with E-state index in [4.69, 9.17) is 15.1 Å². The molecule has 0 aliphatic heterocycles. The van der Waals surface area contributed by atoms with Gasteiger partial charge in [0.15, 0.2) is 0 Å². The van der Waals surface area contributed by atoms with Gasteiger partial charge in [0.25, 0.3) is 0 Å². The van der Waals surface area contributed by atoms with Gasteiger partial charge in [-0.05, 0) is 12.1 Å². The minimum absolute atomic E-state index is 0.224. The second kappa shape index (κ2) is 3.96. The first-order valence-corrected chi connectivity index (χ1v) is 4.02. The molecule has 1 aromatic rings. The molecule has 0 aliphatic carbocycles. The SMILES string of the molecule is COc1ccc(C(F)(C#N)C(=O)O)cc1. The fraction of sp³-hybridized carbons (Fsp3) is 0.200. The lowest BCUT2D eigenvalue weighted by Crippen LogP contribution is -2.28. The van der Waals surface area contributed by atoms with Crippen LogP contribution in [-0.2, 0) is 10.5 Å². The lowest BCUT2D eigenvalue weighted by molar-refractivity contribution is -0.147. The molecule has 0 bridgehead atoms. The first-order chi connectivity index (χ1) is 7.04. The van der Waals surface area contributed by atoms with Gasteiger partial charge in [0.05, 0.1) is 7.11 Å². The third-order valence-electron chi connectivity index (χ3n) is 1.94. The predicted octanol–water partition coefficient (Wildman–Crippen LogP) is 1.47. The Bertz CT molecular complexity index is 410. The summed E-state index contributed by atoms with van der Waals surface area (Å²) >= 11 is 0. The molecular weight excluding hydrogens is 201 g/mol. The average molecular weight is 209 g/mol. The molecule has 1 unspecified atom stereocenters. The van der Waals surface area contributed by atoms with Crippen LogP contribution in [0.5, 0.6) is 5.75 Å². The van der Waals surface area contributed by atoms with E-state index in [9.17, 15) is 9.18 Å². The average Bonchev–Trinajstić information content (AvgIpc) is 2.28. The van der Waals surface area contributed by atoms with E-state index in [2.05, 4.69) is 0 Å². The van der Waals surface area contributed by atoms with Crippen LogP contribution in [0, 0.1) is 11.3 Å². The van der Waals surface area contributed by atoms with E-state index in [0.717, 1.165) is 6.07 Å². The number of ether oxygens (including phenoxy) is 1. The van der Waals surface area contributed by atoms with E-state index < -0.39 is 11.6 Å². The summed E-state index contributed by atoms with van der Waals surface area (Å²) in [4.78, 5) is 10.6. The first-order valence-electron chi connectivity index (χ1n) is 4.02. The largest absolute Gasteiger partial charge is 0.497 e. The summed E-state index contributed by atoms with van der Waals surface area (Å²) in [5.74, 6) is -1.36. The van der Waals surface area contributed by atoms with Gasteiger partial charge in [-0.25, -0.2) is 9.18 Å².